The van der Waals surface area contributed by atoms with Crippen molar-refractivity contribution in [2.45, 2.75) is 0 Å². The predicted octanol–water partition coefficient (Wildman–Crippen LogP) is 3.98. The first-order valence-electron chi connectivity index (χ1n) is 6.04. The minimum atomic E-state index is -0.473. The van der Waals surface area contributed by atoms with Gasteiger partial charge >= 0.3 is 0 Å². The van der Waals surface area contributed by atoms with E-state index in [9.17, 15) is 9.18 Å². The van der Waals surface area contributed by atoms with Crippen molar-refractivity contribution in [2.24, 2.45) is 0 Å². The summed E-state index contributed by atoms with van der Waals surface area (Å²) in [6, 6.07) is 13.0. The van der Waals surface area contributed by atoms with E-state index in [1.54, 1.807) is 18.3 Å². The highest BCUT2D eigenvalue weighted by atomic mass is 19.1. The quantitative estimate of drug-likeness (QED) is 0.674. The first-order valence-corrected chi connectivity index (χ1v) is 6.04. The van der Waals surface area contributed by atoms with Gasteiger partial charge in [0.25, 0.3) is 0 Å². The Hall–Kier alpha value is -2.75. The second kappa shape index (κ2) is 5.09. The van der Waals surface area contributed by atoms with Gasteiger partial charge in [0, 0.05) is 11.6 Å². The molecule has 3 aromatic rings. The van der Waals surface area contributed by atoms with Gasteiger partial charge < -0.3 is 4.74 Å². The molecular formula is C16H10FNO2. The number of pyridine rings is 1. The van der Waals surface area contributed by atoms with E-state index in [1.807, 2.05) is 18.2 Å². The van der Waals surface area contributed by atoms with Crippen molar-refractivity contribution in [3.05, 3.63) is 66.1 Å². The number of aldehydes is 1. The number of carbonyl (C=O) groups is 1. The molecule has 0 saturated heterocycles. The number of rotatable bonds is 3. The van der Waals surface area contributed by atoms with Crippen LogP contribution in [0.3, 0.4) is 0 Å². The second-order valence-electron chi connectivity index (χ2n) is 4.23. The zero-order chi connectivity index (χ0) is 13.9. The maximum atomic E-state index is 13.1. The normalized spacial score (nSPS) is 10.4. The third kappa shape index (κ3) is 2.23. The SMILES string of the molecule is O=Cc1cc(F)ccc1Oc1cccc2ncccc12. The third-order valence-corrected chi connectivity index (χ3v) is 2.92. The number of aromatic nitrogens is 1. The zero-order valence-electron chi connectivity index (χ0n) is 10.4. The number of fused-ring (bicyclic) bond motifs is 1. The molecule has 0 aliphatic rings. The Kier molecular flexibility index (Phi) is 3.13. The molecule has 98 valence electrons. The van der Waals surface area contributed by atoms with E-state index < -0.39 is 5.82 Å². The van der Waals surface area contributed by atoms with Gasteiger partial charge in [-0.25, -0.2) is 4.39 Å². The Labute approximate surface area is 114 Å². The Balaban J connectivity index is 2.08. The van der Waals surface area contributed by atoms with Crippen molar-refractivity contribution in [3.63, 3.8) is 0 Å². The van der Waals surface area contributed by atoms with Crippen molar-refractivity contribution in [1.82, 2.24) is 4.98 Å². The summed E-state index contributed by atoms with van der Waals surface area (Å²) < 4.78 is 18.8. The molecule has 0 atom stereocenters. The second-order valence-corrected chi connectivity index (χ2v) is 4.23. The van der Waals surface area contributed by atoms with Crippen molar-refractivity contribution < 1.29 is 13.9 Å². The summed E-state index contributed by atoms with van der Waals surface area (Å²) in [6.45, 7) is 0. The van der Waals surface area contributed by atoms with Crippen LogP contribution in [0.2, 0.25) is 0 Å². The van der Waals surface area contributed by atoms with Gasteiger partial charge in [-0.3, -0.25) is 9.78 Å². The van der Waals surface area contributed by atoms with Crippen molar-refractivity contribution in [2.75, 3.05) is 0 Å². The van der Waals surface area contributed by atoms with Crippen molar-refractivity contribution >= 4 is 17.2 Å². The van der Waals surface area contributed by atoms with E-state index in [-0.39, 0.29) is 5.56 Å². The van der Waals surface area contributed by atoms with E-state index in [1.165, 1.54) is 12.1 Å². The molecule has 1 heterocycles. The van der Waals surface area contributed by atoms with Crippen LogP contribution in [0.25, 0.3) is 10.9 Å². The number of nitrogens with zero attached hydrogens (tertiary/aromatic N) is 1. The van der Waals surface area contributed by atoms with Crippen LogP contribution in [0.1, 0.15) is 10.4 Å². The number of carbonyl (C=O) groups excluding carboxylic acids is 1. The van der Waals surface area contributed by atoms with Gasteiger partial charge in [-0.05, 0) is 42.5 Å². The van der Waals surface area contributed by atoms with Crippen LogP contribution in [-0.4, -0.2) is 11.3 Å². The molecule has 0 aliphatic heterocycles. The van der Waals surface area contributed by atoms with Gasteiger partial charge in [0.15, 0.2) is 6.29 Å². The molecule has 0 saturated carbocycles. The molecule has 0 spiro atoms. The van der Waals surface area contributed by atoms with Crippen molar-refractivity contribution in [3.8, 4) is 11.5 Å². The molecule has 20 heavy (non-hydrogen) atoms. The fraction of sp³-hybridized carbons (Fsp3) is 0. The minimum absolute atomic E-state index is 0.172. The Bertz CT molecular complexity index is 781. The summed E-state index contributed by atoms with van der Waals surface area (Å²) in [5, 5.41) is 0.830. The van der Waals surface area contributed by atoms with Gasteiger partial charge in [0.05, 0.1) is 11.1 Å². The Morgan fingerprint density at radius 1 is 1.05 bits per heavy atom. The van der Waals surface area contributed by atoms with Crippen LogP contribution in [0.5, 0.6) is 11.5 Å². The number of hydrogen-bond donors (Lipinski definition) is 0. The third-order valence-electron chi connectivity index (χ3n) is 2.92. The maximum absolute atomic E-state index is 13.1. The van der Waals surface area contributed by atoms with Gasteiger partial charge in [-0.1, -0.05) is 6.07 Å². The lowest BCUT2D eigenvalue weighted by atomic mass is 10.2. The molecule has 0 aliphatic carbocycles. The van der Waals surface area contributed by atoms with Crippen LogP contribution in [0.15, 0.2) is 54.7 Å². The lowest BCUT2D eigenvalue weighted by molar-refractivity contribution is 0.112. The Morgan fingerprint density at radius 3 is 2.80 bits per heavy atom. The van der Waals surface area contributed by atoms with Gasteiger partial charge in [-0.2, -0.15) is 0 Å². The lowest BCUT2D eigenvalue weighted by Crippen LogP contribution is -1.92. The summed E-state index contributed by atoms with van der Waals surface area (Å²) in [6.07, 6.45) is 2.27. The molecule has 2 aromatic carbocycles. The summed E-state index contributed by atoms with van der Waals surface area (Å²) in [5.74, 6) is 0.419. The molecule has 3 rings (SSSR count). The highest BCUT2D eigenvalue weighted by molar-refractivity contribution is 5.86. The summed E-state index contributed by atoms with van der Waals surface area (Å²) in [5.41, 5.74) is 0.964. The molecule has 0 unspecified atom stereocenters. The van der Waals surface area contributed by atoms with Crippen LogP contribution in [0.4, 0.5) is 4.39 Å². The average molecular weight is 267 g/mol. The smallest absolute Gasteiger partial charge is 0.153 e. The largest absolute Gasteiger partial charge is 0.456 e. The molecule has 4 heteroatoms. The van der Waals surface area contributed by atoms with Gasteiger partial charge in [0.1, 0.15) is 17.3 Å². The van der Waals surface area contributed by atoms with E-state index in [0.29, 0.717) is 17.8 Å². The molecule has 0 fully saturated rings. The highest BCUT2D eigenvalue weighted by Gasteiger charge is 2.08. The number of halogens is 1. The van der Waals surface area contributed by atoms with Crippen LogP contribution in [-0.2, 0) is 0 Å². The number of ether oxygens (including phenoxy) is 1. The molecule has 0 bridgehead atoms. The molecular weight excluding hydrogens is 257 g/mol. The monoisotopic (exact) mass is 267 g/mol. The maximum Gasteiger partial charge on any atom is 0.153 e. The van der Waals surface area contributed by atoms with Crippen LogP contribution < -0.4 is 4.74 Å². The fourth-order valence-electron chi connectivity index (χ4n) is 1.99. The Morgan fingerprint density at radius 2 is 1.95 bits per heavy atom. The van der Waals surface area contributed by atoms with E-state index in [0.717, 1.165) is 17.0 Å². The van der Waals surface area contributed by atoms with Crippen molar-refractivity contribution in [1.29, 1.82) is 0 Å². The summed E-state index contributed by atoms with van der Waals surface area (Å²) >= 11 is 0. The van der Waals surface area contributed by atoms with Crippen LogP contribution in [0, 0.1) is 5.82 Å². The van der Waals surface area contributed by atoms with E-state index >= 15 is 0 Å². The summed E-state index contributed by atoms with van der Waals surface area (Å²) in [7, 11) is 0. The van der Waals surface area contributed by atoms with Gasteiger partial charge in [-0.15, -0.1) is 0 Å². The van der Waals surface area contributed by atoms with E-state index in [2.05, 4.69) is 4.98 Å². The molecule has 0 N–H and O–H groups in total. The molecule has 3 nitrogen and oxygen atoms in total. The molecule has 1 aromatic heterocycles. The topological polar surface area (TPSA) is 39.2 Å². The number of benzene rings is 2. The predicted molar refractivity (Wildman–Crippen MR) is 73.6 cm³/mol. The fourth-order valence-corrected chi connectivity index (χ4v) is 1.99. The number of hydrogen-bond acceptors (Lipinski definition) is 3. The lowest BCUT2D eigenvalue weighted by Gasteiger charge is -2.10. The highest BCUT2D eigenvalue weighted by Crippen LogP contribution is 2.30. The minimum Gasteiger partial charge on any atom is -0.456 e. The molecule has 0 radical (unpaired) electrons. The standard InChI is InChI=1S/C16H10FNO2/c17-12-6-7-15(11(9-12)10-19)20-16-5-1-4-14-13(16)3-2-8-18-14/h1-10H. The first-order chi connectivity index (χ1) is 9.78. The van der Waals surface area contributed by atoms with E-state index in [4.69, 9.17) is 4.74 Å². The molecule has 0 amide bonds. The van der Waals surface area contributed by atoms with Crippen LogP contribution >= 0.6 is 0 Å². The average Bonchev–Trinajstić information content (AvgIpc) is 2.49. The van der Waals surface area contributed by atoms with Gasteiger partial charge in [0.2, 0.25) is 0 Å². The summed E-state index contributed by atoms with van der Waals surface area (Å²) in [4.78, 5) is 15.2. The zero-order valence-corrected chi connectivity index (χ0v) is 10.4. The first kappa shape index (κ1) is 12.3.